The van der Waals surface area contributed by atoms with Gasteiger partial charge in [0.1, 0.15) is 11.6 Å². The molecule has 0 spiro atoms. The van der Waals surface area contributed by atoms with E-state index in [1.807, 2.05) is 19.1 Å². The van der Waals surface area contributed by atoms with E-state index in [9.17, 15) is 4.39 Å². The van der Waals surface area contributed by atoms with Gasteiger partial charge in [0, 0.05) is 11.8 Å². The quantitative estimate of drug-likeness (QED) is 0.830. The van der Waals surface area contributed by atoms with Gasteiger partial charge in [-0.2, -0.15) is 0 Å². The Morgan fingerprint density at radius 1 is 1.21 bits per heavy atom. The van der Waals surface area contributed by atoms with E-state index in [0.717, 1.165) is 16.9 Å². The number of nitrogens with one attached hydrogen (secondary N) is 1. The van der Waals surface area contributed by atoms with Crippen molar-refractivity contribution in [2.24, 2.45) is 0 Å². The van der Waals surface area contributed by atoms with Crippen LogP contribution in [0, 0.1) is 12.7 Å². The van der Waals surface area contributed by atoms with E-state index in [1.165, 1.54) is 6.07 Å². The van der Waals surface area contributed by atoms with E-state index in [2.05, 4.69) is 21.2 Å². The van der Waals surface area contributed by atoms with Crippen molar-refractivity contribution in [1.29, 1.82) is 0 Å². The largest absolute Gasteiger partial charge is 0.497 e. The zero-order valence-corrected chi connectivity index (χ0v) is 12.2. The standard InChI is InChI=1S/C14H14BrFN2O/c1-8-5-11(16)10(15)7-14(8)18-13-4-3-9(19-2)6-12(13)17/h3-7,18H,17H2,1-2H3. The summed E-state index contributed by atoms with van der Waals surface area (Å²) in [5.74, 6) is 0.408. The molecular weight excluding hydrogens is 311 g/mol. The van der Waals surface area contributed by atoms with Crippen molar-refractivity contribution >= 4 is 33.0 Å². The lowest BCUT2D eigenvalue weighted by atomic mass is 10.1. The van der Waals surface area contributed by atoms with Gasteiger partial charge in [0.15, 0.2) is 0 Å². The number of nitrogens with two attached hydrogens (primary N) is 1. The topological polar surface area (TPSA) is 47.3 Å². The molecule has 0 aliphatic heterocycles. The molecule has 0 unspecified atom stereocenters. The third-order valence-corrected chi connectivity index (χ3v) is 3.40. The van der Waals surface area contributed by atoms with Crippen LogP contribution in [-0.4, -0.2) is 7.11 Å². The van der Waals surface area contributed by atoms with Gasteiger partial charge >= 0.3 is 0 Å². The third kappa shape index (κ3) is 2.98. The van der Waals surface area contributed by atoms with Crippen LogP contribution in [0.3, 0.4) is 0 Å². The molecule has 0 heterocycles. The SMILES string of the molecule is COc1ccc(Nc2cc(Br)c(F)cc2C)c(N)c1. The maximum Gasteiger partial charge on any atom is 0.137 e. The number of rotatable bonds is 3. The summed E-state index contributed by atoms with van der Waals surface area (Å²) < 4.78 is 18.9. The number of hydrogen-bond acceptors (Lipinski definition) is 3. The van der Waals surface area contributed by atoms with E-state index in [4.69, 9.17) is 10.5 Å². The van der Waals surface area contributed by atoms with Crippen LogP contribution in [0.4, 0.5) is 21.5 Å². The van der Waals surface area contributed by atoms with Crippen molar-refractivity contribution in [1.82, 2.24) is 0 Å². The van der Waals surface area contributed by atoms with Gasteiger partial charge in [-0.1, -0.05) is 0 Å². The van der Waals surface area contributed by atoms with Gasteiger partial charge < -0.3 is 15.8 Å². The maximum atomic E-state index is 13.4. The lowest BCUT2D eigenvalue weighted by Crippen LogP contribution is -1.99. The highest BCUT2D eigenvalue weighted by atomic mass is 79.9. The second-order valence-corrected chi connectivity index (χ2v) is 5.01. The highest BCUT2D eigenvalue weighted by Crippen LogP contribution is 2.31. The summed E-state index contributed by atoms with van der Waals surface area (Å²) in [6.45, 7) is 1.83. The van der Waals surface area contributed by atoms with Gasteiger partial charge in [-0.3, -0.25) is 0 Å². The molecule has 0 saturated carbocycles. The molecule has 0 atom stereocenters. The second-order valence-electron chi connectivity index (χ2n) is 4.16. The smallest absolute Gasteiger partial charge is 0.137 e. The van der Waals surface area contributed by atoms with E-state index in [0.29, 0.717) is 15.9 Å². The number of ether oxygens (including phenoxy) is 1. The fraction of sp³-hybridized carbons (Fsp3) is 0.143. The summed E-state index contributed by atoms with van der Waals surface area (Å²) in [5.41, 5.74) is 8.85. The average molecular weight is 325 g/mol. The third-order valence-electron chi connectivity index (χ3n) is 2.80. The van der Waals surface area contributed by atoms with Crippen molar-refractivity contribution in [3.8, 4) is 5.75 Å². The molecule has 0 bridgehead atoms. The van der Waals surface area contributed by atoms with Crippen LogP contribution in [-0.2, 0) is 0 Å². The molecule has 0 amide bonds. The predicted octanol–water partition coefficient (Wildman–Crippen LogP) is 4.23. The summed E-state index contributed by atoms with van der Waals surface area (Å²) >= 11 is 3.17. The monoisotopic (exact) mass is 324 g/mol. The van der Waals surface area contributed by atoms with E-state index >= 15 is 0 Å². The van der Waals surface area contributed by atoms with Crippen LogP contribution in [0.1, 0.15) is 5.56 Å². The van der Waals surface area contributed by atoms with Gasteiger partial charge in [0.2, 0.25) is 0 Å². The minimum atomic E-state index is -0.286. The Morgan fingerprint density at radius 2 is 1.95 bits per heavy atom. The first-order chi connectivity index (χ1) is 9.01. The molecule has 0 aromatic heterocycles. The summed E-state index contributed by atoms with van der Waals surface area (Å²) in [6, 6.07) is 8.52. The lowest BCUT2D eigenvalue weighted by molar-refractivity contribution is 0.415. The van der Waals surface area contributed by atoms with Crippen LogP contribution in [0.15, 0.2) is 34.8 Å². The highest BCUT2D eigenvalue weighted by Gasteiger charge is 2.07. The number of methoxy groups -OCH3 is 1. The number of nitrogen functional groups attached to an aromatic ring is 1. The van der Waals surface area contributed by atoms with Crippen LogP contribution in [0.5, 0.6) is 5.75 Å². The first kappa shape index (κ1) is 13.7. The molecule has 0 aliphatic carbocycles. The summed E-state index contributed by atoms with van der Waals surface area (Å²) in [7, 11) is 1.59. The molecule has 2 aromatic carbocycles. The molecule has 19 heavy (non-hydrogen) atoms. The number of halogens is 2. The Bertz CT molecular complexity index is 617. The summed E-state index contributed by atoms with van der Waals surface area (Å²) in [6.07, 6.45) is 0. The molecule has 0 radical (unpaired) electrons. The molecule has 0 fully saturated rings. The molecule has 2 rings (SSSR count). The Balaban J connectivity index is 2.33. The maximum absolute atomic E-state index is 13.4. The van der Waals surface area contributed by atoms with Gasteiger partial charge in [0.25, 0.3) is 0 Å². The van der Waals surface area contributed by atoms with Gasteiger partial charge in [0.05, 0.1) is 23.0 Å². The first-order valence-corrected chi connectivity index (χ1v) is 6.46. The first-order valence-electron chi connectivity index (χ1n) is 5.67. The number of benzene rings is 2. The Hall–Kier alpha value is -1.75. The zero-order valence-electron chi connectivity index (χ0n) is 10.6. The normalized spacial score (nSPS) is 10.3. The Kier molecular flexibility index (Phi) is 3.95. The van der Waals surface area contributed by atoms with Crippen molar-refractivity contribution < 1.29 is 9.13 Å². The van der Waals surface area contributed by atoms with Gasteiger partial charge in [-0.15, -0.1) is 0 Å². The highest BCUT2D eigenvalue weighted by molar-refractivity contribution is 9.10. The van der Waals surface area contributed by atoms with Gasteiger partial charge in [-0.05, 0) is 52.7 Å². The average Bonchev–Trinajstić information content (AvgIpc) is 2.38. The number of hydrogen-bond donors (Lipinski definition) is 2. The molecule has 3 N–H and O–H groups in total. The predicted molar refractivity (Wildman–Crippen MR) is 79.5 cm³/mol. The molecule has 100 valence electrons. The molecule has 0 aliphatic rings. The number of anilines is 3. The van der Waals surface area contributed by atoms with Gasteiger partial charge in [-0.25, -0.2) is 4.39 Å². The number of aryl methyl sites for hydroxylation is 1. The molecule has 3 nitrogen and oxygen atoms in total. The van der Waals surface area contributed by atoms with Crippen LogP contribution >= 0.6 is 15.9 Å². The zero-order chi connectivity index (χ0) is 14.0. The summed E-state index contributed by atoms with van der Waals surface area (Å²) in [4.78, 5) is 0. The Labute approximate surface area is 119 Å². The fourth-order valence-electron chi connectivity index (χ4n) is 1.71. The molecular formula is C14H14BrFN2O. The van der Waals surface area contributed by atoms with E-state index < -0.39 is 0 Å². The molecule has 0 saturated heterocycles. The van der Waals surface area contributed by atoms with E-state index in [1.54, 1.807) is 19.2 Å². The molecule has 5 heteroatoms. The minimum absolute atomic E-state index is 0.286. The molecule has 2 aromatic rings. The fourth-order valence-corrected chi connectivity index (χ4v) is 2.05. The second kappa shape index (κ2) is 5.48. The summed E-state index contributed by atoms with van der Waals surface area (Å²) in [5, 5.41) is 3.18. The Morgan fingerprint density at radius 3 is 2.58 bits per heavy atom. The van der Waals surface area contributed by atoms with Crippen molar-refractivity contribution in [3.05, 3.63) is 46.2 Å². The van der Waals surface area contributed by atoms with Crippen LogP contribution in [0.25, 0.3) is 0 Å². The van der Waals surface area contributed by atoms with Crippen LogP contribution < -0.4 is 15.8 Å². The lowest BCUT2D eigenvalue weighted by Gasteiger charge is -2.13. The van der Waals surface area contributed by atoms with Crippen molar-refractivity contribution in [2.45, 2.75) is 6.92 Å². The van der Waals surface area contributed by atoms with Crippen molar-refractivity contribution in [2.75, 3.05) is 18.2 Å². The van der Waals surface area contributed by atoms with Crippen LogP contribution in [0.2, 0.25) is 0 Å². The van der Waals surface area contributed by atoms with Crippen molar-refractivity contribution in [3.63, 3.8) is 0 Å². The van der Waals surface area contributed by atoms with E-state index in [-0.39, 0.29) is 5.82 Å². The minimum Gasteiger partial charge on any atom is -0.497 e.